The number of nitrogens with one attached hydrogen (secondary N) is 1. The van der Waals surface area contributed by atoms with Crippen molar-refractivity contribution in [2.45, 2.75) is 0 Å². The number of hydrogen-bond acceptors (Lipinski definition) is 3. The van der Waals surface area contributed by atoms with Crippen molar-refractivity contribution >= 4 is 40.3 Å². The lowest BCUT2D eigenvalue weighted by atomic mass is 10.2. The first-order valence-electron chi connectivity index (χ1n) is 5.11. The van der Waals surface area contributed by atoms with Crippen LogP contribution in [-0.2, 0) is 0 Å². The van der Waals surface area contributed by atoms with Crippen LogP contribution in [-0.4, -0.2) is 47.3 Å². The maximum atomic E-state index is 11.7. The quantitative estimate of drug-likeness (QED) is 0.706. The Bertz CT molecular complexity index is 464. The fourth-order valence-electron chi connectivity index (χ4n) is 1.26. The molecule has 3 N–H and O–H groups in total. The van der Waals surface area contributed by atoms with Gasteiger partial charge in [0.1, 0.15) is 0 Å². The highest BCUT2D eigenvalue weighted by Gasteiger charge is 2.14. The van der Waals surface area contributed by atoms with Crippen molar-refractivity contribution in [3.8, 4) is 0 Å². The lowest BCUT2D eigenvalue weighted by Crippen LogP contribution is -2.33. The van der Waals surface area contributed by atoms with E-state index in [2.05, 4.69) is 5.32 Å². The summed E-state index contributed by atoms with van der Waals surface area (Å²) in [7, 11) is 1.51. The number of nitrogens with zero attached hydrogens (tertiary/aromatic N) is 1. The Morgan fingerprint density at radius 3 is 2.67 bits per heavy atom. The van der Waals surface area contributed by atoms with Gasteiger partial charge in [0.15, 0.2) is 0 Å². The minimum absolute atomic E-state index is 0.0349. The van der Waals surface area contributed by atoms with E-state index in [0.29, 0.717) is 0 Å². The van der Waals surface area contributed by atoms with Gasteiger partial charge in [-0.25, -0.2) is 9.59 Å². The van der Waals surface area contributed by atoms with Gasteiger partial charge in [-0.05, 0) is 40.8 Å². The summed E-state index contributed by atoms with van der Waals surface area (Å²) < 4.78 is 0.770. The summed E-state index contributed by atoms with van der Waals surface area (Å²) in [6.07, 6.45) is 0. The third-order valence-corrected chi connectivity index (χ3v) is 2.91. The summed E-state index contributed by atoms with van der Waals surface area (Å²) in [5.41, 5.74) is 0.269. The highest BCUT2D eigenvalue weighted by molar-refractivity contribution is 14.1. The van der Waals surface area contributed by atoms with Crippen LogP contribution in [0.3, 0.4) is 0 Å². The number of amides is 2. The van der Waals surface area contributed by atoms with Crippen LogP contribution in [0, 0.1) is 3.57 Å². The molecule has 1 rings (SSSR count). The largest absolute Gasteiger partial charge is 0.478 e. The number of carbonyl (C=O) groups excluding carboxylic acids is 1. The number of carboxylic acid groups (broad SMARTS) is 1. The van der Waals surface area contributed by atoms with E-state index in [-0.39, 0.29) is 24.4 Å². The number of likely N-dealkylation sites (N-methyl/N-ethyl adjacent to an activating group) is 1. The molecule has 0 aliphatic rings. The van der Waals surface area contributed by atoms with Gasteiger partial charge in [0.25, 0.3) is 0 Å². The average molecular weight is 364 g/mol. The summed E-state index contributed by atoms with van der Waals surface area (Å²) in [5, 5.41) is 20.2. The van der Waals surface area contributed by atoms with E-state index in [0.717, 1.165) is 3.57 Å². The minimum Gasteiger partial charge on any atom is -0.478 e. The molecule has 0 heterocycles. The smallest absolute Gasteiger partial charge is 0.337 e. The first-order valence-corrected chi connectivity index (χ1v) is 6.19. The zero-order valence-electron chi connectivity index (χ0n) is 9.68. The molecule has 0 fully saturated rings. The number of carbonyl (C=O) groups is 2. The van der Waals surface area contributed by atoms with Crippen molar-refractivity contribution in [2.24, 2.45) is 0 Å². The van der Waals surface area contributed by atoms with E-state index in [1.807, 2.05) is 22.6 Å². The Labute approximate surface area is 118 Å². The molecule has 0 unspecified atom stereocenters. The van der Waals surface area contributed by atoms with E-state index in [1.54, 1.807) is 6.07 Å². The van der Waals surface area contributed by atoms with Gasteiger partial charge in [0.05, 0.1) is 17.9 Å². The Morgan fingerprint density at radius 1 is 1.44 bits per heavy atom. The second kappa shape index (κ2) is 6.55. The molecule has 0 atom stereocenters. The highest BCUT2D eigenvalue weighted by atomic mass is 127. The number of anilines is 1. The van der Waals surface area contributed by atoms with E-state index in [4.69, 9.17) is 10.2 Å². The third-order valence-electron chi connectivity index (χ3n) is 2.24. The third kappa shape index (κ3) is 3.84. The van der Waals surface area contributed by atoms with Gasteiger partial charge in [-0.1, -0.05) is 0 Å². The molecule has 1 aromatic rings. The molecule has 18 heavy (non-hydrogen) atoms. The maximum absolute atomic E-state index is 11.7. The zero-order valence-corrected chi connectivity index (χ0v) is 11.8. The van der Waals surface area contributed by atoms with Gasteiger partial charge in [-0.2, -0.15) is 0 Å². The van der Waals surface area contributed by atoms with Crippen molar-refractivity contribution in [1.82, 2.24) is 4.90 Å². The molecule has 6 nitrogen and oxygen atoms in total. The van der Waals surface area contributed by atoms with Crippen LogP contribution in [0.15, 0.2) is 18.2 Å². The Morgan fingerprint density at radius 2 is 2.11 bits per heavy atom. The van der Waals surface area contributed by atoms with E-state index < -0.39 is 12.0 Å². The van der Waals surface area contributed by atoms with Crippen LogP contribution in [0.4, 0.5) is 10.5 Å². The van der Waals surface area contributed by atoms with Gasteiger partial charge in [0, 0.05) is 17.2 Å². The van der Waals surface area contributed by atoms with E-state index >= 15 is 0 Å². The van der Waals surface area contributed by atoms with Crippen molar-refractivity contribution < 1.29 is 19.8 Å². The summed E-state index contributed by atoms with van der Waals surface area (Å²) >= 11 is 2.00. The molecule has 98 valence electrons. The minimum atomic E-state index is -1.10. The van der Waals surface area contributed by atoms with Gasteiger partial charge < -0.3 is 20.4 Å². The molecular formula is C11H13IN2O4. The van der Waals surface area contributed by atoms with Crippen molar-refractivity contribution in [1.29, 1.82) is 0 Å². The first-order chi connectivity index (χ1) is 8.45. The SMILES string of the molecule is CN(CCO)C(=O)Nc1ccc(I)cc1C(=O)O. The molecule has 0 aromatic heterocycles. The fourth-order valence-corrected chi connectivity index (χ4v) is 1.76. The number of aliphatic hydroxyl groups excluding tert-OH is 1. The number of hydrogen-bond donors (Lipinski definition) is 3. The van der Waals surface area contributed by atoms with Gasteiger partial charge in [-0.3, -0.25) is 0 Å². The molecule has 1 aromatic carbocycles. The Hall–Kier alpha value is -1.35. The molecule has 2 amide bonds. The predicted octanol–water partition coefficient (Wildman–Crippen LogP) is 1.45. The summed E-state index contributed by atoms with van der Waals surface area (Å²) in [5.74, 6) is -1.10. The Balaban J connectivity index is 2.90. The van der Waals surface area contributed by atoms with Crippen LogP contribution in [0.25, 0.3) is 0 Å². The first kappa shape index (κ1) is 14.7. The van der Waals surface area contributed by atoms with Gasteiger partial charge >= 0.3 is 12.0 Å². The van der Waals surface area contributed by atoms with Gasteiger partial charge in [0.2, 0.25) is 0 Å². The van der Waals surface area contributed by atoms with Gasteiger partial charge in [-0.15, -0.1) is 0 Å². The molecular weight excluding hydrogens is 351 g/mol. The number of aliphatic hydroxyl groups is 1. The van der Waals surface area contributed by atoms with Crippen molar-refractivity contribution in [3.63, 3.8) is 0 Å². The second-order valence-electron chi connectivity index (χ2n) is 3.57. The van der Waals surface area contributed by atoms with Crippen LogP contribution in [0.2, 0.25) is 0 Å². The fraction of sp³-hybridized carbons (Fsp3) is 0.273. The van der Waals surface area contributed by atoms with Crippen molar-refractivity contribution in [2.75, 3.05) is 25.5 Å². The Kier molecular flexibility index (Phi) is 5.35. The number of halogens is 1. The van der Waals surface area contributed by atoms with E-state index in [9.17, 15) is 9.59 Å². The topological polar surface area (TPSA) is 89.9 Å². The number of urea groups is 1. The van der Waals surface area contributed by atoms with Crippen LogP contribution in [0.1, 0.15) is 10.4 Å². The standard InChI is InChI=1S/C11H13IN2O4/c1-14(4-5-15)11(18)13-9-3-2-7(12)6-8(9)10(16)17/h2-3,6,15H,4-5H2,1H3,(H,13,18)(H,16,17). The highest BCUT2D eigenvalue weighted by Crippen LogP contribution is 2.19. The summed E-state index contributed by atoms with van der Waals surface area (Å²) in [4.78, 5) is 24.0. The number of rotatable bonds is 4. The monoisotopic (exact) mass is 364 g/mol. The molecule has 0 saturated carbocycles. The molecule has 7 heteroatoms. The normalized spacial score (nSPS) is 9.94. The lowest BCUT2D eigenvalue weighted by molar-refractivity contribution is 0.0698. The summed E-state index contributed by atoms with van der Waals surface area (Å²) in [6, 6.07) is 4.25. The van der Waals surface area contributed by atoms with Crippen molar-refractivity contribution in [3.05, 3.63) is 27.3 Å². The second-order valence-corrected chi connectivity index (χ2v) is 4.82. The summed E-state index contributed by atoms with van der Waals surface area (Å²) in [6.45, 7) is 0.0288. The molecule has 0 saturated heterocycles. The predicted molar refractivity (Wildman–Crippen MR) is 74.9 cm³/mol. The molecule has 0 bridgehead atoms. The number of carboxylic acids is 1. The zero-order chi connectivity index (χ0) is 13.7. The molecule has 0 aliphatic carbocycles. The average Bonchev–Trinajstić information content (AvgIpc) is 2.31. The molecule has 0 aliphatic heterocycles. The number of benzene rings is 1. The van der Waals surface area contributed by atoms with Crippen LogP contribution >= 0.6 is 22.6 Å². The van der Waals surface area contributed by atoms with Crippen LogP contribution < -0.4 is 5.32 Å². The molecule has 0 radical (unpaired) electrons. The van der Waals surface area contributed by atoms with Crippen LogP contribution in [0.5, 0.6) is 0 Å². The number of aromatic carboxylic acids is 1. The van der Waals surface area contributed by atoms with E-state index in [1.165, 1.54) is 24.1 Å². The molecule has 0 spiro atoms. The maximum Gasteiger partial charge on any atom is 0.337 e. The lowest BCUT2D eigenvalue weighted by Gasteiger charge is -2.17.